The first-order valence-electron chi connectivity index (χ1n) is 6.59. The largest absolute Gasteiger partial charge is 0.306 e. The molecule has 4 rings (SSSR count). The van der Waals surface area contributed by atoms with Crippen LogP contribution in [0.15, 0.2) is 57.8 Å². The molecule has 2 aromatic heterocycles. The Labute approximate surface area is 132 Å². The fourth-order valence-electron chi connectivity index (χ4n) is 2.47. The Morgan fingerprint density at radius 1 is 1.09 bits per heavy atom. The van der Waals surface area contributed by atoms with E-state index in [2.05, 4.69) is 26.0 Å². The molecule has 0 bridgehead atoms. The van der Waals surface area contributed by atoms with Crippen LogP contribution >= 0.6 is 15.9 Å². The number of halogens is 2. The molecule has 0 aliphatic rings. The van der Waals surface area contributed by atoms with E-state index in [0.29, 0.717) is 22.2 Å². The van der Waals surface area contributed by atoms with E-state index in [1.165, 1.54) is 12.1 Å². The molecule has 0 fully saturated rings. The van der Waals surface area contributed by atoms with Gasteiger partial charge in [-0.3, -0.25) is 4.79 Å². The number of hydrogen-bond donors (Lipinski definition) is 1. The summed E-state index contributed by atoms with van der Waals surface area (Å²) in [5, 5.41) is 5.09. The predicted molar refractivity (Wildman–Crippen MR) is 86.4 cm³/mol. The lowest BCUT2D eigenvalue weighted by Crippen LogP contribution is -2.09. The molecule has 4 nitrogen and oxygen atoms in total. The monoisotopic (exact) mass is 357 g/mol. The summed E-state index contributed by atoms with van der Waals surface area (Å²) < 4.78 is 15.6. The van der Waals surface area contributed by atoms with E-state index in [1.807, 2.05) is 12.1 Å². The van der Waals surface area contributed by atoms with Crippen molar-refractivity contribution in [2.75, 3.05) is 0 Å². The zero-order valence-corrected chi connectivity index (χ0v) is 12.8. The molecule has 4 aromatic rings. The number of nitrogens with zero attached hydrogens (tertiary/aromatic N) is 2. The van der Waals surface area contributed by atoms with Gasteiger partial charge in [-0.1, -0.05) is 15.9 Å². The molecule has 6 heteroatoms. The fraction of sp³-hybridized carbons (Fsp3) is 0. The molecule has 1 N–H and O–H groups in total. The van der Waals surface area contributed by atoms with Crippen molar-refractivity contribution in [3.8, 4) is 11.3 Å². The van der Waals surface area contributed by atoms with E-state index in [0.717, 1.165) is 10.0 Å². The first-order chi connectivity index (χ1) is 10.6. The molecule has 0 unspecified atom stereocenters. The van der Waals surface area contributed by atoms with Crippen molar-refractivity contribution in [1.82, 2.24) is 14.6 Å². The lowest BCUT2D eigenvalue weighted by Gasteiger charge is -2.01. The summed E-state index contributed by atoms with van der Waals surface area (Å²) in [4.78, 5) is 14.9. The first-order valence-corrected chi connectivity index (χ1v) is 7.38. The number of nitrogens with one attached hydrogen (secondary N) is 1. The standard InChI is InChI=1S/C16H9BrFN3O/c17-10-3-6-12-14(7-10)21-15(19-16(12)22)8-13(20-21)9-1-4-11(18)5-2-9/h1-8H,(H,19,22). The number of fused-ring (bicyclic) bond motifs is 3. The number of aromatic nitrogens is 3. The van der Waals surface area contributed by atoms with Crippen LogP contribution in [0.1, 0.15) is 0 Å². The number of rotatable bonds is 1. The van der Waals surface area contributed by atoms with E-state index >= 15 is 0 Å². The average Bonchev–Trinajstić information content (AvgIpc) is 2.92. The van der Waals surface area contributed by atoms with Crippen LogP contribution < -0.4 is 5.56 Å². The van der Waals surface area contributed by atoms with E-state index in [-0.39, 0.29) is 11.4 Å². The molecule has 108 valence electrons. The van der Waals surface area contributed by atoms with Gasteiger partial charge >= 0.3 is 0 Å². The summed E-state index contributed by atoms with van der Waals surface area (Å²) in [6, 6.07) is 13.3. The molecule has 0 aliphatic carbocycles. The first kappa shape index (κ1) is 13.2. The van der Waals surface area contributed by atoms with E-state index < -0.39 is 0 Å². The number of H-pyrrole nitrogens is 1. The molecular formula is C16H9BrFN3O. The highest BCUT2D eigenvalue weighted by atomic mass is 79.9. The third kappa shape index (κ3) is 2.03. The van der Waals surface area contributed by atoms with Crippen molar-refractivity contribution in [1.29, 1.82) is 0 Å². The lowest BCUT2D eigenvalue weighted by atomic mass is 10.1. The molecule has 0 aliphatic heterocycles. The van der Waals surface area contributed by atoms with Crippen molar-refractivity contribution in [3.05, 3.63) is 69.2 Å². The number of hydrogen-bond acceptors (Lipinski definition) is 2. The van der Waals surface area contributed by atoms with Crippen LogP contribution in [-0.2, 0) is 0 Å². The Hall–Kier alpha value is -2.47. The lowest BCUT2D eigenvalue weighted by molar-refractivity contribution is 0.628. The van der Waals surface area contributed by atoms with Gasteiger partial charge in [-0.15, -0.1) is 0 Å². The molecule has 2 heterocycles. The Kier molecular flexibility index (Phi) is 2.87. The van der Waals surface area contributed by atoms with Gasteiger partial charge < -0.3 is 4.98 Å². The molecule has 0 amide bonds. The third-order valence-corrected chi connectivity index (χ3v) is 4.02. The second-order valence-electron chi connectivity index (χ2n) is 4.95. The highest BCUT2D eigenvalue weighted by Gasteiger charge is 2.10. The smallest absolute Gasteiger partial charge is 0.259 e. The second kappa shape index (κ2) is 4.78. The van der Waals surface area contributed by atoms with Crippen LogP contribution in [0.4, 0.5) is 4.39 Å². The maximum absolute atomic E-state index is 13.0. The van der Waals surface area contributed by atoms with Crippen LogP contribution in [0.2, 0.25) is 0 Å². The van der Waals surface area contributed by atoms with Gasteiger partial charge in [0.05, 0.1) is 16.6 Å². The molecule has 22 heavy (non-hydrogen) atoms. The fourth-order valence-corrected chi connectivity index (χ4v) is 2.82. The summed E-state index contributed by atoms with van der Waals surface area (Å²) in [5.41, 5.74) is 2.59. The minimum atomic E-state index is -0.296. The highest BCUT2D eigenvalue weighted by Crippen LogP contribution is 2.22. The molecule has 0 spiro atoms. The van der Waals surface area contributed by atoms with Gasteiger partial charge in [0.25, 0.3) is 5.56 Å². The zero-order valence-electron chi connectivity index (χ0n) is 11.2. The van der Waals surface area contributed by atoms with Crippen LogP contribution in [0.3, 0.4) is 0 Å². The van der Waals surface area contributed by atoms with Gasteiger partial charge in [0.15, 0.2) is 0 Å². The Bertz CT molecular complexity index is 1070. The van der Waals surface area contributed by atoms with Gasteiger partial charge in [-0.05, 0) is 42.5 Å². The zero-order chi connectivity index (χ0) is 15.3. The predicted octanol–water partition coefficient (Wildman–Crippen LogP) is 3.74. The van der Waals surface area contributed by atoms with Crippen LogP contribution in [0, 0.1) is 5.82 Å². The number of aromatic amines is 1. The Balaban J connectivity index is 2.05. The maximum atomic E-state index is 13.0. The summed E-state index contributed by atoms with van der Waals surface area (Å²) in [6.45, 7) is 0. The molecule has 0 saturated heterocycles. The molecule has 0 radical (unpaired) electrons. The van der Waals surface area contributed by atoms with Crippen molar-refractivity contribution >= 4 is 32.5 Å². The van der Waals surface area contributed by atoms with Crippen molar-refractivity contribution in [2.45, 2.75) is 0 Å². The quantitative estimate of drug-likeness (QED) is 0.564. The maximum Gasteiger partial charge on any atom is 0.259 e. The Morgan fingerprint density at radius 3 is 2.64 bits per heavy atom. The molecular weight excluding hydrogens is 349 g/mol. The topological polar surface area (TPSA) is 50.2 Å². The normalized spacial score (nSPS) is 11.4. The Morgan fingerprint density at radius 2 is 1.86 bits per heavy atom. The van der Waals surface area contributed by atoms with Gasteiger partial charge in [-0.25, -0.2) is 8.91 Å². The van der Waals surface area contributed by atoms with Crippen molar-refractivity contribution in [3.63, 3.8) is 0 Å². The van der Waals surface area contributed by atoms with Gasteiger partial charge in [0.2, 0.25) is 0 Å². The molecule has 2 aromatic carbocycles. The van der Waals surface area contributed by atoms with Gasteiger partial charge in [-0.2, -0.15) is 5.10 Å². The summed E-state index contributed by atoms with van der Waals surface area (Å²) in [7, 11) is 0. The SMILES string of the molecule is O=c1[nH]c2cc(-c3ccc(F)cc3)nn2c2cc(Br)ccc12. The van der Waals surface area contributed by atoms with Crippen molar-refractivity contribution in [2.24, 2.45) is 0 Å². The number of benzene rings is 2. The van der Waals surface area contributed by atoms with E-state index in [1.54, 1.807) is 28.8 Å². The van der Waals surface area contributed by atoms with Crippen molar-refractivity contribution < 1.29 is 4.39 Å². The second-order valence-corrected chi connectivity index (χ2v) is 5.86. The summed E-state index contributed by atoms with van der Waals surface area (Å²) in [6.07, 6.45) is 0. The van der Waals surface area contributed by atoms with Crippen LogP contribution in [0.25, 0.3) is 27.8 Å². The minimum absolute atomic E-state index is 0.166. The third-order valence-electron chi connectivity index (χ3n) is 3.52. The van der Waals surface area contributed by atoms with Crippen LogP contribution in [-0.4, -0.2) is 14.6 Å². The summed E-state index contributed by atoms with van der Waals surface area (Å²) >= 11 is 3.41. The average molecular weight is 358 g/mol. The molecule has 0 saturated carbocycles. The van der Waals surface area contributed by atoms with E-state index in [4.69, 9.17) is 0 Å². The summed E-state index contributed by atoms with van der Waals surface area (Å²) in [5.74, 6) is -0.296. The van der Waals surface area contributed by atoms with Gasteiger partial charge in [0.1, 0.15) is 11.5 Å². The molecule has 0 atom stereocenters. The van der Waals surface area contributed by atoms with E-state index in [9.17, 15) is 9.18 Å². The van der Waals surface area contributed by atoms with Gasteiger partial charge in [0, 0.05) is 16.1 Å². The minimum Gasteiger partial charge on any atom is -0.306 e. The highest BCUT2D eigenvalue weighted by molar-refractivity contribution is 9.10. The van der Waals surface area contributed by atoms with Crippen LogP contribution in [0.5, 0.6) is 0 Å².